The third-order valence-electron chi connectivity index (χ3n) is 5.54. The summed E-state index contributed by atoms with van der Waals surface area (Å²) in [6.45, 7) is 2.02. The molecule has 1 heterocycles. The molecule has 1 aliphatic heterocycles. The summed E-state index contributed by atoms with van der Waals surface area (Å²) in [5.74, 6) is -1.22. The SMILES string of the molecule is CCC(=O)C(=O)ON1CC(c2cc3c(cc2O)CCCC3)c2ccccc21. The fourth-order valence-electron chi connectivity index (χ4n) is 4.09. The molecule has 4 rings (SSSR count). The van der Waals surface area contributed by atoms with Gasteiger partial charge in [0.1, 0.15) is 5.75 Å². The number of aryl methyl sites for hydroxylation is 2. The third kappa shape index (κ3) is 3.18. The second-order valence-electron chi connectivity index (χ2n) is 7.21. The van der Waals surface area contributed by atoms with Crippen LogP contribution in [0.25, 0.3) is 0 Å². The number of nitrogens with zero attached hydrogens (tertiary/aromatic N) is 1. The highest BCUT2D eigenvalue weighted by atomic mass is 16.7. The van der Waals surface area contributed by atoms with Crippen molar-refractivity contribution in [2.45, 2.75) is 44.9 Å². The smallest absolute Gasteiger partial charge is 0.398 e. The summed E-state index contributed by atoms with van der Waals surface area (Å²) in [4.78, 5) is 29.0. The van der Waals surface area contributed by atoms with Crippen LogP contribution in [0, 0.1) is 0 Å². The van der Waals surface area contributed by atoms with Crippen molar-refractivity contribution in [3.05, 3.63) is 58.7 Å². The molecule has 0 fully saturated rings. The van der Waals surface area contributed by atoms with E-state index in [0.29, 0.717) is 6.54 Å². The molecule has 0 saturated heterocycles. The summed E-state index contributed by atoms with van der Waals surface area (Å²) >= 11 is 0. The van der Waals surface area contributed by atoms with Gasteiger partial charge in [0.05, 0.1) is 12.2 Å². The molecule has 1 N–H and O–H groups in total. The van der Waals surface area contributed by atoms with Crippen molar-refractivity contribution in [3.63, 3.8) is 0 Å². The quantitative estimate of drug-likeness (QED) is 0.838. The molecular formula is C22H23NO4. The largest absolute Gasteiger partial charge is 0.508 e. The number of carbonyl (C=O) groups excluding carboxylic acids is 2. The van der Waals surface area contributed by atoms with Crippen LogP contribution in [0.15, 0.2) is 36.4 Å². The maximum Gasteiger partial charge on any atom is 0.398 e. The van der Waals surface area contributed by atoms with Crippen molar-refractivity contribution >= 4 is 17.4 Å². The highest BCUT2D eigenvalue weighted by Crippen LogP contribution is 2.44. The van der Waals surface area contributed by atoms with Crippen LogP contribution >= 0.6 is 0 Å². The van der Waals surface area contributed by atoms with E-state index in [0.717, 1.165) is 36.1 Å². The maximum absolute atomic E-state index is 12.0. The predicted octanol–water partition coefficient (Wildman–Crippen LogP) is 3.66. The first-order valence-electron chi connectivity index (χ1n) is 9.54. The van der Waals surface area contributed by atoms with Gasteiger partial charge in [-0.05, 0) is 54.5 Å². The molecule has 5 heteroatoms. The summed E-state index contributed by atoms with van der Waals surface area (Å²) in [7, 11) is 0. The Balaban J connectivity index is 1.69. The molecule has 2 aromatic carbocycles. The van der Waals surface area contributed by atoms with Crippen LogP contribution < -0.4 is 5.06 Å². The molecule has 0 saturated carbocycles. The molecule has 2 aromatic rings. The first-order valence-corrected chi connectivity index (χ1v) is 9.54. The van der Waals surface area contributed by atoms with E-state index in [2.05, 4.69) is 6.07 Å². The minimum atomic E-state index is -0.845. The second-order valence-corrected chi connectivity index (χ2v) is 7.21. The van der Waals surface area contributed by atoms with Crippen molar-refractivity contribution in [2.75, 3.05) is 11.6 Å². The zero-order valence-corrected chi connectivity index (χ0v) is 15.4. The van der Waals surface area contributed by atoms with Gasteiger partial charge in [0.15, 0.2) is 0 Å². The molecule has 0 spiro atoms. The van der Waals surface area contributed by atoms with Crippen molar-refractivity contribution in [3.8, 4) is 5.75 Å². The van der Waals surface area contributed by atoms with E-state index in [9.17, 15) is 14.7 Å². The summed E-state index contributed by atoms with van der Waals surface area (Å²) in [6, 6.07) is 11.7. The van der Waals surface area contributed by atoms with Gasteiger partial charge in [-0.2, -0.15) is 0 Å². The Morgan fingerprint density at radius 2 is 1.81 bits per heavy atom. The number of Topliss-reactive ketones (excluding diaryl/α,β-unsaturated/α-hetero) is 1. The van der Waals surface area contributed by atoms with E-state index in [4.69, 9.17) is 4.84 Å². The van der Waals surface area contributed by atoms with Gasteiger partial charge in [0.2, 0.25) is 5.78 Å². The van der Waals surface area contributed by atoms with Gasteiger partial charge >= 0.3 is 5.97 Å². The number of ketones is 1. The minimum Gasteiger partial charge on any atom is -0.508 e. The second kappa shape index (κ2) is 7.06. The molecule has 1 unspecified atom stereocenters. The van der Waals surface area contributed by atoms with Crippen LogP contribution in [0.3, 0.4) is 0 Å². The monoisotopic (exact) mass is 365 g/mol. The Bertz CT molecular complexity index is 905. The van der Waals surface area contributed by atoms with E-state index in [-0.39, 0.29) is 18.1 Å². The molecule has 0 amide bonds. The number of hydroxylamine groups is 1. The lowest BCUT2D eigenvalue weighted by Gasteiger charge is -2.21. The van der Waals surface area contributed by atoms with Gasteiger partial charge in [-0.1, -0.05) is 31.2 Å². The summed E-state index contributed by atoms with van der Waals surface area (Å²) in [5, 5.41) is 12.1. The topological polar surface area (TPSA) is 66.8 Å². The lowest BCUT2D eigenvalue weighted by atomic mass is 9.85. The maximum atomic E-state index is 12.0. The van der Waals surface area contributed by atoms with Crippen LogP contribution in [0.1, 0.15) is 54.4 Å². The van der Waals surface area contributed by atoms with Crippen LogP contribution in [0.5, 0.6) is 5.75 Å². The highest BCUT2D eigenvalue weighted by molar-refractivity contribution is 6.33. The average molecular weight is 365 g/mol. The Hall–Kier alpha value is -2.82. The number of hydrogen-bond acceptors (Lipinski definition) is 5. The molecule has 1 aliphatic carbocycles. The van der Waals surface area contributed by atoms with Gasteiger partial charge in [0, 0.05) is 17.9 Å². The molecule has 0 aromatic heterocycles. The van der Waals surface area contributed by atoms with Crippen LogP contribution in [0.2, 0.25) is 0 Å². The summed E-state index contributed by atoms with van der Waals surface area (Å²) < 4.78 is 0. The Labute approximate surface area is 158 Å². The molecule has 5 nitrogen and oxygen atoms in total. The van der Waals surface area contributed by atoms with Crippen LogP contribution in [-0.4, -0.2) is 23.4 Å². The van der Waals surface area contributed by atoms with Gasteiger partial charge in [-0.3, -0.25) is 4.79 Å². The number of carbonyl (C=O) groups is 2. The summed E-state index contributed by atoms with van der Waals surface area (Å²) in [6.07, 6.45) is 4.48. The predicted molar refractivity (Wildman–Crippen MR) is 102 cm³/mol. The molecule has 2 aliphatic rings. The van der Waals surface area contributed by atoms with E-state index >= 15 is 0 Å². The third-order valence-corrected chi connectivity index (χ3v) is 5.54. The Morgan fingerprint density at radius 3 is 2.56 bits per heavy atom. The number of aromatic hydroxyl groups is 1. The van der Waals surface area contributed by atoms with Crippen molar-refractivity contribution in [2.24, 2.45) is 0 Å². The van der Waals surface area contributed by atoms with Crippen molar-refractivity contribution in [1.82, 2.24) is 0 Å². The number of phenols is 1. The lowest BCUT2D eigenvalue weighted by Crippen LogP contribution is -2.30. The van der Waals surface area contributed by atoms with Gasteiger partial charge < -0.3 is 9.94 Å². The number of para-hydroxylation sites is 1. The summed E-state index contributed by atoms with van der Waals surface area (Å²) in [5.41, 5.74) is 5.12. The number of phenolic OH excluding ortho intramolecular Hbond substituents is 1. The number of rotatable bonds is 4. The number of anilines is 1. The first-order chi connectivity index (χ1) is 13.1. The van der Waals surface area contributed by atoms with Gasteiger partial charge in [-0.25, -0.2) is 9.86 Å². The fraction of sp³-hybridized carbons (Fsp3) is 0.364. The van der Waals surface area contributed by atoms with Crippen molar-refractivity contribution in [1.29, 1.82) is 0 Å². The van der Waals surface area contributed by atoms with Crippen molar-refractivity contribution < 1.29 is 19.5 Å². The van der Waals surface area contributed by atoms with E-state index in [1.807, 2.05) is 30.3 Å². The highest BCUT2D eigenvalue weighted by Gasteiger charge is 2.34. The minimum absolute atomic E-state index is 0.113. The molecule has 0 radical (unpaired) electrons. The van der Waals surface area contributed by atoms with Crippen LogP contribution in [0.4, 0.5) is 5.69 Å². The Morgan fingerprint density at radius 1 is 1.11 bits per heavy atom. The van der Waals surface area contributed by atoms with Gasteiger partial charge in [0.25, 0.3) is 0 Å². The Kier molecular flexibility index (Phi) is 4.60. The fourth-order valence-corrected chi connectivity index (χ4v) is 4.09. The molecule has 27 heavy (non-hydrogen) atoms. The van der Waals surface area contributed by atoms with E-state index < -0.39 is 11.8 Å². The van der Waals surface area contributed by atoms with E-state index in [1.54, 1.807) is 6.92 Å². The average Bonchev–Trinajstić information content (AvgIpc) is 3.05. The number of benzene rings is 2. The normalized spacial score (nSPS) is 18.0. The molecule has 0 bridgehead atoms. The molecule has 1 atom stereocenters. The van der Waals surface area contributed by atoms with Gasteiger partial charge in [-0.15, -0.1) is 0 Å². The molecule has 140 valence electrons. The van der Waals surface area contributed by atoms with E-state index in [1.165, 1.54) is 22.6 Å². The number of fused-ring (bicyclic) bond motifs is 2. The molecular weight excluding hydrogens is 342 g/mol. The zero-order chi connectivity index (χ0) is 19.0. The zero-order valence-electron chi connectivity index (χ0n) is 15.4. The standard InChI is InChI=1S/C22H23NO4/c1-2-20(24)22(26)27-23-13-18(16-9-5-6-10-19(16)23)17-11-14-7-3-4-8-15(14)12-21(17)25/h5-6,9-12,18,25H,2-4,7-8,13H2,1H3. The first kappa shape index (κ1) is 17.6. The lowest BCUT2D eigenvalue weighted by molar-refractivity contribution is -0.154. The number of hydrogen-bond donors (Lipinski definition) is 1. The van der Waals surface area contributed by atoms with Crippen LogP contribution in [-0.2, 0) is 27.3 Å².